The molecule has 1 saturated carbocycles. The van der Waals surface area contributed by atoms with Crippen molar-refractivity contribution in [1.29, 1.82) is 0 Å². The zero-order chi connectivity index (χ0) is 8.69. The number of nitrogens with one attached hydrogen (secondary N) is 1. The summed E-state index contributed by atoms with van der Waals surface area (Å²) in [5.41, 5.74) is 0. The van der Waals surface area contributed by atoms with Gasteiger partial charge in [-0.2, -0.15) is 0 Å². The van der Waals surface area contributed by atoms with E-state index in [2.05, 4.69) is 5.32 Å². The van der Waals surface area contributed by atoms with Gasteiger partial charge in [-0.3, -0.25) is 4.79 Å². The van der Waals surface area contributed by atoms with E-state index in [4.69, 9.17) is 15.2 Å². The summed E-state index contributed by atoms with van der Waals surface area (Å²) < 4.78 is 0. The van der Waals surface area contributed by atoms with Gasteiger partial charge in [0.05, 0.1) is 6.54 Å². The molecule has 0 heterocycles. The molecule has 0 aromatic heterocycles. The molecule has 0 saturated heterocycles. The van der Waals surface area contributed by atoms with Gasteiger partial charge in [0.2, 0.25) is 0 Å². The number of rotatable bonds is 3. The molecule has 0 amide bonds. The molecule has 1 fully saturated rings. The summed E-state index contributed by atoms with van der Waals surface area (Å²) in [6.45, 7) is 0.116. The Kier molecular flexibility index (Phi) is 5.01. The Morgan fingerprint density at radius 1 is 1.64 bits per heavy atom. The maximum absolute atomic E-state index is 9.87. The van der Waals surface area contributed by atoms with Crippen LogP contribution in [0.5, 0.6) is 0 Å². The third kappa shape index (κ3) is 8.83. The molecule has 11 heavy (non-hydrogen) atoms. The van der Waals surface area contributed by atoms with Crippen molar-refractivity contribution in [2.45, 2.75) is 18.9 Å². The molecule has 0 unspecified atom stereocenters. The van der Waals surface area contributed by atoms with Crippen LogP contribution >= 0.6 is 0 Å². The molecule has 0 aliphatic heterocycles. The highest BCUT2D eigenvalue weighted by Gasteiger charge is 2.20. The number of hydrogen-bond donors (Lipinski definition) is 3. The maximum atomic E-state index is 9.87. The molecule has 0 aromatic carbocycles. The van der Waals surface area contributed by atoms with E-state index in [9.17, 15) is 4.79 Å². The maximum Gasteiger partial charge on any atom is 0.317 e. The predicted molar refractivity (Wildman–Crippen MR) is 36.2 cm³/mol. The Balaban J connectivity index is 0.000000292. The minimum atomic E-state index is -0.767. The topological polar surface area (TPSA) is 99.0 Å². The van der Waals surface area contributed by atoms with Crippen molar-refractivity contribution < 1.29 is 15.1 Å². The van der Waals surface area contributed by atoms with E-state index in [-0.39, 0.29) is 6.54 Å². The van der Waals surface area contributed by atoms with Crippen molar-refractivity contribution >= 4 is 5.97 Å². The van der Waals surface area contributed by atoms with Gasteiger partial charge in [0.25, 0.3) is 0 Å². The van der Waals surface area contributed by atoms with E-state index in [1.54, 1.807) is 0 Å². The first-order valence-corrected chi connectivity index (χ1v) is 3.12. The van der Waals surface area contributed by atoms with Crippen LogP contribution in [0.1, 0.15) is 12.8 Å². The van der Waals surface area contributed by atoms with Crippen molar-refractivity contribution in [2.75, 3.05) is 6.54 Å². The number of carbonyl (C=O) groups is 1. The van der Waals surface area contributed by atoms with Gasteiger partial charge in [-0.15, -0.1) is 4.91 Å². The average molecular weight is 162 g/mol. The molecule has 64 valence electrons. The van der Waals surface area contributed by atoms with Gasteiger partial charge in [0.1, 0.15) is 0 Å². The lowest BCUT2D eigenvalue weighted by Gasteiger charge is -1.93. The fourth-order valence-electron chi connectivity index (χ4n) is 0.519. The highest BCUT2D eigenvalue weighted by molar-refractivity contribution is 5.69. The SMILES string of the molecule is O=C(O)CNC1CC1.O=NO. The third-order valence-electron chi connectivity index (χ3n) is 1.12. The van der Waals surface area contributed by atoms with Gasteiger partial charge < -0.3 is 15.6 Å². The number of aliphatic carboxylic acids is 1. The summed E-state index contributed by atoms with van der Waals surface area (Å²) in [6.07, 6.45) is 2.29. The van der Waals surface area contributed by atoms with Crippen LogP contribution in [0.3, 0.4) is 0 Å². The number of hydrogen-bond acceptors (Lipinski definition) is 4. The average Bonchev–Trinajstić information content (AvgIpc) is 2.67. The molecule has 6 heteroatoms. The van der Waals surface area contributed by atoms with Crippen LogP contribution in [0.25, 0.3) is 0 Å². The molecule has 0 aromatic rings. The Labute approximate surface area is 63.1 Å². The molecule has 0 atom stereocenters. The van der Waals surface area contributed by atoms with E-state index in [0.717, 1.165) is 12.8 Å². The molecule has 3 N–H and O–H groups in total. The van der Waals surface area contributed by atoms with Gasteiger partial charge in [-0.1, -0.05) is 0 Å². The van der Waals surface area contributed by atoms with E-state index < -0.39 is 5.97 Å². The monoisotopic (exact) mass is 162 g/mol. The summed E-state index contributed by atoms with van der Waals surface area (Å²) in [5.74, 6) is -0.767. The van der Waals surface area contributed by atoms with E-state index >= 15 is 0 Å². The fraction of sp³-hybridized carbons (Fsp3) is 0.800. The quantitative estimate of drug-likeness (QED) is 0.399. The summed E-state index contributed by atoms with van der Waals surface area (Å²) >= 11 is 0. The summed E-state index contributed by atoms with van der Waals surface area (Å²) in [6, 6.07) is 0.506. The first kappa shape index (κ1) is 9.83. The minimum absolute atomic E-state index is 0.116. The Morgan fingerprint density at radius 3 is 2.36 bits per heavy atom. The van der Waals surface area contributed by atoms with Crippen molar-refractivity contribution in [3.63, 3.8) is 0 Å². The molecule has 0 radical (unpaired) electrons. The molecule has 1 aliphatic rings. The second-order valence-electron chi connectivity index (χ2n) is 2.13. The third-order valence-corrected chi connectivity index (χ3v) is 1.12. The molecule has 6 nitrogen and oxygen atoms in total. The molecular formula is C5H10N2O4. The number of nitrogens with zero attached hydrogens (tertiary/aromatic N) is 1. The highest BCUT2D eigenvalue weighted by atomic mass is 16.6. The van der Waals surface area contributed by atoms with Crippen LogP contribution in [-0.4, -0.2) is 28.9 Å². The standard InChI is InChI=1S/C5H9NO2.HNO2/c7-5(8)3-6-4-1-2-4;2-1-3/h4,6H,1-3H2,(H,7,8);(H,2,3). The lowest BCUT2D eigenvalue weighted by atomic mass is 10.6. The molecule has 1 rings (SSSR count). The summed E-state index contributed by atoms with van der Waals surface area (Å²) in [5, 5.41) is 18.9. The van der Waals surface area contributed by atoms with Crippen LogP contribution in [0.15, 0.2) is 5.34 Å². The largest absolute Gasteiger partial charge is 0.480 e. The van der Waals surface area contributed by atoms with Crippen molar-refractivity contribution in [2.24, 2.45) is 5.34 Å². The van der Waals surface area contributed by atoms with Crippen LogP contribution in [0.2, 0.25) is 0 Å². The normalized spacial score (nSPS) is 14.5. The van der Waals surface area contributed by atoms with Gasteiger partial charge in [0.15, 0.2) is 5.34 Å². The second kappa shape index (κ2) is 5.60. The zero-order valence-electron chi connectivity index (χ0n) is 5.86. The molecule has 0 bridgehead atoms. The van der Waals surface area contributed by atoms with Gasteiger partial charge >= 0.3 is 5.97 Å². The first-order chi connectivity index (χ1) is 5.20. The Bertz CT molecular complexity index is 134. The van der Waals surface area contributed by atoms with E-state index in [0.29, 0.717) is 6.04 Å². The second-order valence-corrected chi connectivity index (χ2v) is 2.13. The number of carboxylic acid groups (broad SMARTS) is 1. The zero-order valence-corrected chi connectivity index (χ0v) is 5.86. The Morgan fingerprint density at radius 2 is 2.09 bits per heavy atom. The van der Waals surface area contributed by atoms with Gasteiger partial charge in [-0.25, -0.2) is 0 Å². The van der Waals surface area contributed by atoms with Crippen LogP contribution in [0.4, 0.5) is 0 Å². The van der Waals surface area contributed by atoms with Crippen molar-refractivity contribution in [3.05, 3.63) is 4.91 Å². The first-order valence-electron chi connectivity index (χ1n) is 3.12. The minimum Gasteiger partial charge on any atom is -0.480 e. The van der Waals surface area contributed by atoms with Crippen LogP contribution < -0.4 is 5.32 Å². The van der Waals surface area contributed by atoms with Gasteiger partial charge in [-0.05, 0) is 12.8 Å². The Hall–Kier alpha value is -1.17. The summed E-state index contributed by atoms with van der Waals surface area (Å²) in [4.78, 5) is 18.0. The molecule has 0 spiro atoms. The van der Waals surface area contributed by atoms with Crippen LogP contribution in [-0.2, 0) is 4.79 Å². The lowest BCUT2D eigenvalue weighted by Crippen LogP contribution is -2.24. The van der Waals surface area contributed by atoms with Gasteiger partial charge in [0, 0.05) is 6.04 Å². The fourth-order valence-corrected chi connectivity index (χ4v) is 0.519. The van der Waals surface area contributed by atoms with Crippen LogP contribution in [0, 0.1) is 4.91 Å². The molecular weight excluding hydrogens is 152 g/mol. The van der Waals surface area contributed by atoms with E-state index in [1.165, 1.54) is 5.34 Å². The predicted octanol–water partition coefficient (Wildman–Crippen LogP) is -0.0350. The van der Waals surface area contributed by atoms with Crippen molar-refractivity contribution in [1.82, 2.24) is 5.32 Å². The van der Waals surface area contributed by atoms with Crippen molar-refractivity contribution in [3.8, 4) is 0 Å². The highest BCUT2D eigenvalue weighted by Crippen LogP contribution is 2.17. The van der Waals surface area contributed by atoms with E-state index in [1.807, 2.05) is 0 Å². The summed E-state index contributed by atoms with van der Waals surface area (Å²) in [7, 11) is 0. The number of carboxylic acids is 1. The lowest BCUT2D eigenvalue weighted by molar-refractivity contribution is -0.136. The smallest absolute Gasteiger partial charge is 0.317 e. The molecule has 1 aliphatic carbocycles.